The summed E-state index contributed by atoms with van der Waals surface area (Å²) >= 11 is 0. The predicted molar refractivity (Wildman–Crippen MR) is 81.4 cm³/mol. The van der Waals surface area contributed by atoms with E-state index < -0.39 is 4.92 Å². The van der Waals surface area contributed by atoms with E-state index in [1.807, 2.05) is 42.5 Å². The zero-order valence-electron chi connectivity index (χ0n) is 11.0. The van der Waals surface area contributed by atoms with Crippen LogP contribution < -0.4 is 5.73 Å². The van der Waals surface area contributed by atoms with Gasteiger partial charge in [0.15, 0.2) is 0 Å². The minimum absolute atomic E-state index is 0.299. The van der Waals surface area contributed by atoms with Crippen LogP contribution in [0.3, 0.4) is 0 Å². The molecule has 5 heteroatoms. The Labute approximate surface area is 120 Å². The summed E-state index contributed by atoms with van der Waals surface area (Å²) in [4.78, 5) is 10.0. The summed E-state index contributed by atoms with van der Waals surface area (Å²) in [7, 11) is 0. The molecule has 1 heterocycles. The van der Waals surface area contributed by atoms with Crippen LogP contribution in [0, 0.1) is 10.1 Å². The molecule has 104 valence electrons. The van der Waals surface area contributed by atoms with Gasteiger partial charge < -0.3 is 10.2 Å². The highest BCUT2D eigenvalue weighted by molar-refractivity contribution is 5.96. The molecule has 0 fully saturated rings. The number of rotatable bonds is 3. The minimum Gasteiger partial charge on any atom is -0.401 e. The summed E-state index contributed by atoms with van der Waals surface area (Å²) in [5, 5.41) is 12.7. The average Bonchev–Trinajstić information content (AvgIpc) is 2.95. The molecule has 1 aromatic heterocycles. The number of nitrogens with two attached hydrogens (primary N) is 1. The monoisotopic (exact) mass is 280 g/mol. The number of fused-ring (bicyclic) bond motifs is 1. The van der Waals surface area contributed by atoms with E-state index in [4.69, 9.17) is 10.2 Å². The fourth-order valence-electron chi connectivity index (χ4n) is 2.23. The van der Waals surface area contributed by atoms with Crippen molar-refractivity contribution in [3.63, 3.8) is 0 Å². The molecule has 0 unspecified atom stereocenters. The quantitative estimate of drug-likeness (QED) is 0.584. The van der Waals surface area contributed by atoms with Crippen LogP contribution in [0.1, 0.15) is 11.3 Å². The maximum absolute atomic E-state index is 10.6. The second kappa shape index (κ2) is 5.13. The van der Waals surface area contributed by atoms with Gasteiger partial charge in [-0.2, -0.15) is 0 Å². The Bertz CT molecular complexity index is 844. The Morgan fingerprint density at radius 1 is 1.10 bits per heavy atom. The van der Waals surface area contributed by atoms with Crippen LogP contribution in [0.4, 0.5) is 5.88 Å². The third-order valence-electron chi connectivity index (χ3n) is 3.19. The van der Waals surface area contributed by atoms with E-state index in [0.29, 0.717) is 11.5 Å². The van der Waals surface area contributed by atoms with Crippen molar-refractivity contribution in [1.82, 2.24) is 0 Å². The van der Waals surface area contributed by atoms with Crippen LogP contribution in [-0.4, -0.2) is 4.92 Å². The first-order valence-electron chi connectivity index (χ1n) is 6.35. The summed E-state index contributed by atoms with van der Waals surface area (Å²) in [5.41, 5.74) is 7.47. The number of hydrogen-bond donors (Lipinski definition) is 1. The molecule has 3 rings (SSSR count). The van der Waals surface area contributed by atoms with E-state index in [9.17, 15) is 10.1 Å². The van der Waals surface area contributed by atoms with Gasteiger partial charge >= 0.3 is 5.88 Å². The third kappa shape index (κ3) is 2.49. The highest BCUT2D eigenvalue weighted by Crippen LogP contribution is 2.25. The van der Waals surface area contributed by atoms with Gasteiger partial charge in [-0.15, -0.1) is 0 Å². The number of benzene rings is 2. The Balaban J connectivity index is 2.05. The molecule has 5 nitrogen and oxygen atoms in total. The summed E-state index contributed by atoms with van der Waals surface area (Å²) in [5.74, 6) is 0.0547. The van der Waals surface area contributed by atoms with E-state index in [2.05, 4.69) is 0 Å². The fraction of sp³-hybridized carbons (Fsp3) is 0. The highest BCUT2D eigenvalue weighted by atomic mass is 16.6. The molecule has 0 aliphatic heterocycles. The van der Waals surface area contributed by atoms with Gasteiger partial charge in [-0.05, 0) is 16.8 Å². The van der Waals surface area contributed by atoms with Crippen LogP contribution >= 0.6 is 0 Å². The van der Waals surface area contributed by atoms with Gasteiger partial charge in [0, 0.05) is 17.3 Å². The lowest BCUT2D eigenvalue weighted by molar-refractivity contribution is -0.402. The summed E-state index contributed by atoms with van der Waals surface area (Å²) in [6.07, 6.45) is 1.59. The van der Waals surface area contributed by atoms with Crippen LogP contribution in [-0.2, 0) is 0 Å². The molecule has 2 N–H and O–H groups in total. The number of furan rings is 1. The molecule has 0 amide bonds. The first-order valence-corrected chi connectivity index (χ1v) is 6.35. The van der Waals surface area contributed by atoms with Gasteiger partial charge in [-0.3, -0.25) is 10.1 Å². The molecular formula is C16H12N2O3. The molecule has 0 radical (unpaired) electrons. The van der Waals surface area contributed by atoms with Crippen LogP contribution in [0.25, 0.3) is 22.5 Å². The molecule has 0 saturated heterocycles. The molecular weight excluding hydrogens is 268 g/mol. The van der Waals surface area contributed by atoms with E-state index in [0.717, 1.165) is 16.3 Å². The Morgan fingerprint density at radius 2 is 1.86 bits per heavy atom. The summed E-state index contributed by atoms with van der Waals surface area (Å²) < 4.78 is 5.09. The Morgan fingerprint density at radius 3 is 2.62 bits per heavy atom. The van der Waals surface area contributed by atoms with Crippen molar-refractivity contribution in [2.24, 2.45) is 5.73 Å². The Hall–Kier alpha value is -3.08. The van der Waals surface area contributed by atoms with Gasteiger partial charge in [-0.1, -0.05) is 42.5 Å². The highest BCUT2D eigenvalue weighted by Gasteiger charge is 2.11. The lowest BCUT2D eigenvalue weighted by atomic mass is 10.0. The summed E-state index contributed by atoms with van der Waals surface area (Å²) in [6, 6.07) is 16.6. The van der Waals surface area contributed by atoms with Crippen LogP contribution in [0.2, 0.25) is 0 Å². The minimum atomic E-state index is -0.578. The zero-order chi connectivity index (χ0) is 14.8. The van der Waals surface area contributed by atoms with Gasteiger partial charge in [0.05, 0.1) is 6.07 Å². The molecule has 0 saturated carbocycles. The van der Waals surface area contributed by atoms with Crippen molar-refractivity contribution in [1.29, 1.82) is 0 Å². The van der Waals surface area contributed by atoms with Gasteiger partial charge in [0.25, 0.3) is 0 Å². The molecule has 0 spiro atoms. The predicted octanol–water partition coefficient (Wildman–Crippen LogP) is 3.80. The van der Waals surface area contributed by atoms with Gasteiger partial charge in [-0.25, -0.2) is 0 Å². The third-order valence-corrected chi connectivity index (χ3v) is 3.19. The Kier molecular flexibility index (Phi) is 3.16. The average molecular weight is 280 g/mol. The van der Waals surface area contributed by atoms with Crippen LogP contribution in [0.15, 0.2) is 59.0 Å². The van der Waals surface area contributed by atoms with E-state index in [1.54, 1.807) is 6.08 Å². The standard InChI is InChI=1S/C16H12N2O3/c17-15(10-12-8-9-16(21-12)18(19)20)14-7-3-5-11-4-1-2-6-13(11)14/h1-10H,17H2/b15-10+. The lowest BCUT2D eigenvalue weighted by Crippen LogP contribution is -1.96. The molecule has 3 aromatic rings. The molecule has 2 aromatic carbocycles. The van der Waals surface area contributed by atoms with Crippen molar-refractivity contribution in [3.05, 3.63) is 76.0 Å². The molecule has 21 heavy (non-hydrogen) atoms. The number of nitrogens with zero attached hydrogens (tertiary/aromatic N) is 1. The van der Waals surface area contributed by atoms with Crippen molar-refractivity contribution < 1.29 is 9.34 Å². The SMILES string of the molecule is N/C(=C/c1ccc([N+](=O)[O-])o1)c1cccc2ccccc12. The maximum atomic E-state index is 10.6. The molecule has 0 aliphatic carbocycles. The molecule has 0 aliphatic rings. The second-order valence-corrected chi connectivity index (χ2v) is 4.56. The second-order valence-electron chi connectivity index (χ2n) is 4.56. The van der Waals surface area contributed by atoms with E-state index >= 15 is 0 Å². The van der Waals surface area contributed by atoms with Crippen molar-refractivity contribution in [3.8, 4) is 0 Å². The van der Waals surface area contributed by atoms with Crippen molar-refractivity contribution in [2.45, 2.75) is 0 Å². The zero-order valence-corrected chi connectivity index (χ0v) is 11.0. The van der Waals surface area contributed by atoms with Crippen LogP contribution in [0.5, 0.6) is 0 Å². The van der Waals surface area contributed by atoms with Crippen molar-refractivity contribution >= 4 is 28.4 Å². The van der Waals surface area contributed by atoms with Crippen molar-refractivity contribution in [2.75, 3.05) is 0 Å². The normalized spacial score (nSPS) is 11.7. The molecule has 0 bridgehead atoms. The van der Waals surface area contributed by atoms with E-state index in [1.165, 1.54) is 12.1 Å². The summed E-state index contributed by atoms with van der Waals surface area (Å²) in [6.45, 7) is 0. The largest absolute Gasteiger partial charge is 0.433 e. The van der Waals surface area contributed by atoms with Gasteiger partial charge in [0.1, 0.15) is 10.7 Å². The lowest BCUT2D eigenvalue weighted by Gasteiger charge is -2.06. The van der Waals surface area contributed by atoms with Gasteiger partial charge in [0.2, 0.25) is 0 Å². The topological polar surface area (TPSA) is 82.3 Å². The number of hydrogen-bond acceptors (Lipinski definition) is 4. The van der Waals surface area contributed by atoms with E-state index in [-0.39, 0.29) is 5.88 Å². The fourth-order valence-corrected chi connectivity index (χ4v) is 2.23. The first kappa shape index (κ1) is 12.9. The maximum Gasteiger partial charge on any atom is 0.433 e. The number of nitro groups is 1. The smallest absolute Gasteiger partial charge is 0.401 e. The molecule has 0 atom stereocenters. The first-order chi connectivity index (χ1) is 10.1.